The molecule has 0 aromatic heterocycles. The Bertz CT molecular complexity index is 1110. The molecule has 2 heterocycles. The maximum atomic E-state index is 13.4. The first-order valence-electron chi connectivity index (χ1n) is 10.0. The zero-order chi connectivity index (χ0) is 22.2. The molecule has 164 valence electrons. The highest BCUT2D eigenvalue weighted by atomic mass is 32.2. The topological polar surface area (TPSA) is 82.1 Å². The van der Waals surface area contributed by atoms with Crippen LogP contribution in [0.3, 0.4) is 0 Å². The van der Waals surface area contributed by atoms with Crippen LogP contribution in [-0.2, 0) is 24.3 Å². The van der Waals surface area contributed by atoms with E-state index in [4.69, 9.17) is 14.2 Å². The molecule has 0 spiro atoms. The fraction of sp³-hybridized carbons (Fsp3) is 0.348. The Morgan fingerprint density at radius 2 is 1.87 bits per heavy atom. The van der Waals surface area contributed by atoms with Crippen LogP contribution in [0.15, 0.2) is 65.3 Å². The standard InChI is InChI=1S/C23H25NO6S/c1-15-7-9-18(10-8-15)31(26,27)24-12-11-19-20(16-5-4-6-17(13-16)28-2)14-21(23(25)29-3)30-22(19)24/h4-10,13-14,19-20,22H,11-12H2,1-3H3/t19-,20+,22+/m0/s1. The van der Waals surface area contributed by atoms with Crippen molar-refractivity contribution in [2.75, 3.05) is 20.8 Å². The number of carbonyl (C=O) groups excluding carboxylic acids is 1. The van der Waals surface area contributed by atoms with Crippen molar-refractivity contribution in [3.8, 4) is 5.75 Å². The number of esters is 1. The number of hydrogen-bond acceptors (Lipinski definition) is 6. The number of benzene rings is 2. The van der Waals surface area contributed by atoms with Gasteiger partial charge in [-0.05, 0) is 49.2 Å². The quantitative estimate of drug-likeness (QED) is 0.660. The lowest BCUT2D eigenvalue weighted by Gasteiger charge is -2.35. The van der Waals surface area contributed by atoms with Crippen LogP contribution in [0, 0.1) is 12.8 Å². The lowest BCUT2D eigenvalue weighted by molar-refractivity contribution is -0.144. The maximum Gasteiger partial charge on any atom is 0.373 e. The van der Waals surface area contributed by atoms with E-state index in [1.165, 1.54) is 11.4 Å². The molecule has 7 nitrogen and oxygen atoms in total. The van der Waals surface area contributed by atoms with Crippen LogP contribution in [0.1, 0.15) is 23.5 Å². The number of carbonyl (C=O) groups is 1. The van der Waals surface area contributed by atoms with Crippen molar-refractivity contribution in [3.63, 3.8) is 0 Å². The molecule has 0 amide bonds. The van der Waals surface area contributed by atoms with Gasteiger partial charge >= 0.3 is 5.97 Å². The monoisotopic (exact) mass is 443 g/mol. The largest absolute Gasteiger partial charge is 0.497 e. The second-order valence-corrected chi connectivity index (χ2v) is 9.61. The molecule has 1 fully saturated rings. The molecular formula is C23H25NO6S. The molecule has 0 N–H and O–H groups in total. The van der Waals surface area contributed by atoms with Crippen molar-refractivity contribution in [1.82, 2.24) is 4.31 Å². The lowest BCUT2D eigenvalue weighted by Crippen LogP contribution is -2.43. The van der Waals surface area contributed by atoms with Gasteiger partial charge in [-0.3, -0.25) is 0 Å². The van der Waals surface area contributed by atoms with Gasteiger partial charge in [0.1, 0.15) is 5.75 Å². The molecule has 2 aliphatic heterocycles. The molecule has 8 heteroatoms. The van der Waals surface area contributed by atoms with Crippen molar-refractivity contribution in [1.29, 1.82) is 0 Å². The fourth-order valence-corrected chi connectivity index (χ4v) is 5.80. The molecule has 2 aliphatic rings. The van der Waals surface area contributed by atoms with Crippen molar-refractivity contribution >= 4 is 16.0 Å². The number of rotatable bonds is 5. The SMILES string of the molecule is COC(=O)C1=C[C@H](c2cccc(OC)c2)[C@@H]2CCN(S(=O)(=O)c3ccc(C)cc3)[C@@H]2O1. The van der Waals surface area contributed by atoms with Crippen LogP contribution in [0.25, 0.3) is 0 Å². The van der Waals surface area contributed by atoms with Crippen molar-refractivity contribution in [3.05, 3.63) is 71.5 Å². The number of fused-ring (bicyclic) bond motifs is 1. The van der Waals surface area contributed by atoms with Gasteiger partial charge in [0, 0.05) is 18.4 Å². The van der Waals surface area contributed by atoms with Gasteiger partial charge in [0.05, 0.1) is 19.1 Å². The molecule has 0 saturated carbocycles. The first-order chi connectivity index (χ1) is 14.8. The van der Waals surface area contributed by atoms with E-state index in [9.17, 15) is 13.2 Å². The Labute approximate surface area is 182 Å². The zero-order valence-electron chi connectivity index (χ0n) is 17.6. The van der Waals surface area contributed by atoms with Gasteiger partial charge in [0.25, 0.3) is 0 Å². The summed E-state index contributed by atoms with van der Waals surface area (Å²) in [6.45, 7) is 2.20. The smallest absolute Gasteiger partial charge is 0.373 e. The summed E-state index contributed by atoms with van der Waals surface area (Å²) in [5.74, 6) is -0.300. The molecule has 2 aromatic rings. The number of ether oxygens (including phenoxy) is 3. The van der Waals surface area contributed by atoms with E-state index in [0.29, 0.717) is 18.7 Å². The van der Waals surface area contributed by atoms with Gasteiger partial charge in [-0.25, -0.2) is 13.2 Å². The van der Waals surface area contributed by atoms with Gasteiger partial charge in [0.15, 0.2) is 6.23 Å². The first-order valence-corrected chi connectivity index (χ1v) is 11.5. The Hall–Kier alpha value is -2.84. The predicted octanol–water partition coefficient (Wildman–Crippen LogP) is 3.21. The average molecular weight is 444 g/mol. The number of hydrogen-bond donors (Lipinski definition) is 0. The van der Waals surface area contributed by atoms with E-state index in [1.807, 2.05) is 31.2 Å². The van der Waals surface area contributed by atoms with Crippen LogP contribution in [0.4, 0.5) is 0 Å². The van der Waals surface area contributed by atoms with E-state index in [0.717, 1.165) is 11.1 Å². The summed E-state index contributed by atoms with van der Waals surface area (Å²) in [6, 6.07) is 14.3. The molecule has 0 aliphatic carbocycles. The van der Waals surface area contributed by atoms with Crippen molar-refractivity contribution < 1.29 is 27.4 Å². The molecule has 31 heavy (non-hydrogen) atoms. The number of aryl methyl sites for hydroxylation is 1. The fourth-order valence-electron chi connectivity index (χ4n) is 4.23. The molecule has 4 rings (SSSR count). The normalized spacial score (nSPS) is 23.5. The lowest BCUT2D eigenvalue weighted by atomic mass is 9.82. The molecule has 0 bridgehead atoms. The van der Waals surface area contributed by atoms with Crippen molar-refractivity contribution in [2.24, 2.45) is 5.92 Å². The van der Waals surface area contributed by atoms with E-state index >= 15 is 0 Å². The summed E-state index contributed by atoms with van der Waals surface area (Å²) < 4.78 is 44.2. The maximum absolute atomic E-state index is 13.4. The third-order valence-electron chi connectivity index (χ3n) is 5.87. The van der Waals surface area contributed by atoms with Crippen LogP contribution in [0.2, 0.25) is 0 Å². The van der Waals surface area contributed by atoms with Crippen LogP contribution < -0.4 is 4.74 Å². The van der Waals surface area contributed by atoms with Gasteiger partial charge in [-0.15, -0.1) is 0 Å². The molecule has 0 unspecified atom stereocenters. The molecule has 0 radical (unpaired) electrons. The highest BCUT2D eigenvalue weighted by molar-refractivity contribution is 7.89. The van der Waals surface area contributed by atoms with Gasteiger partial charge in [0.2, 0.25) is 15.8 Å². The van der Waals surface area contributed by atoms with Crippen LogP contribution in [-0.4, -0.2) is 45.7 Å². The highest BCUT2D eigenvalue weighted by Crippen LogP contribution is 2.45. The minimum absolute atomic E-state index is 0.0163. The highest BCUT2D eigenvalue weighted by Gasteiger charge is 2.49. The van der Waals surface area contributed by atoms with E-state index < -0.39 is 22.2 Å². The van der Waals surface area contributed by atoms with E-state index in [2.05, 4.69) is 0 Å². The van der Waals surface area contributed by atoms with Gasteiger partial charge in [-0.2, -0.15) is 4.31 Å². The third-order valence-corrected chi connectivity index (χ3v) is 7.74. The first kappa shape index (κ1) is 21.4. The number of allylic oxidation sites excluding steroid dienone is 1. The second-order valence-electron chi connectivity index (χ2n) is 7.71. The predicted molar refractivity (Wildman–Crippen MR) is 114 cm³/mol. The van der Waals surface area contributed by atoms with Crippen LogP contribution in [0.5, 0.6) is 5.75 Å². The minimum atomic E-state index is -3.80. The average Bonchev–Trinajstić information content (AvgIpc) is 3.23. The Kier molecular flexibility index (Phi) is 5.77. The minimum Gasteiger partial charge on any atom is -0.497 e. The molecular weight excluding hydrogens is 418 g/mol. The Morgan fingerprint density at radius 3 is 2.55 bits per heavy atom. The van der Waals surface area contributed by atoms with Crippen LogP contribution >= 0.6 is 0 Å². The van der Waals surface area contributed by atoms with Crippen molar-refractivity contribution in [2.45, 2.75) is 30.4 Å². The Morgan fingerprint density at radius 1 is 1.13 bits per heavy atom. The number of nitrogens with zero attached hydrogens (tertiary/aromatic N) is 1. The summed E-state index contributed by atoms with van der Waals surface area (Å²) in [6.07, 6.45) is 1.52. The number of sulfonamides is 1. The molecule has 1 saturated heterocycles. The molecule has 2 aromatic carbocycles. The summed E-state index contributed by atoms with van der Waals surface area (Å²) in [7, 11) is -0.933. The number of methoxy groups -OCH3 is 2. The second kappa shape index (κ2) is 8.36. The summed E-state index contributed by atoms with van der Waals surface area (Å²) in [5, 5.41) is 0. The Balaban J connectivity index is 1.74. The van der Waals surface area contributed by atoms with Gasteiger partial charge in [-0.1, -0.05) is 29.8 Å². The van der Waals surface area contributed by atoms with Gasteiger partial charge < -0.3 is 14.2 Å². The molecule has 3 atom stereocenters. The summed E-state index contributed by atoms with van der Waals surface area (Å²) in [5.41, 5.74) is 1.90. The van der Waals surface area contributed by atoms with E-state index in [-0.39, 0.29) is 22.5 Å². The zero-order valence-corrected chi connectivity index (χ0v) is 18.5. The third kappa shape index (κ3) is 3.93. The van der Waals surface area contributed by atoms with E-state index in [1.54, 1.807) is 37.5 Å². The summed E-state index contributed by atoms with van der Waals surface area (Å²) >= 11 is 0. The summed E-state index contributed by atoms with van der Waals surface area (Å²) in [4.78, 5) is 12.5.